The second-order valence-corrected chi connectivity index (χ2v) is 2.46. The minimum Gasteiger partial charge on any atom is -0.279 e. The summed E-state index contributed by atoms with van der Waals surface area (Å²) < 4.78 is 0. The summed E-state index contributed by atoms with van der Waals surface area (Å²) >= 11 is 0. The lowest BCUT2D eigenvalue weighted by molar-refractivity contribution is -0.123. The van der Waals surface area contributed by atoms with Crippen molar-refractivity contribution in [3.8, 4) is 0 Å². The maximum atomic E-state index is 11.1. The average Bonchev–Trinajstić information content (AvgIpc) is 2.06. The predicted molar refractivity (Wildman–Crippen MR) is 41.5 cm³/mol. The molecule has 0 bridgehead atoms. The van der Waals surface area contributed by atoms with E-state index >= 15 is 0 Å². The van der Waals surface area contributed by atoms with Gasteiger partial charge >= 0.3 is 0 Å². The molecule has 0 saturated heterocycles. The van der Waals surface area contributed by atoms with Crippen molar-refractivity contribution in [2.24, 2.45) is 16.0 Å². The average molecular weight is 149 g/mol. The van der Waals surface area contributed by atoms with E-state index in [0.29, 0.717) is 0 Å². The zero-order valence-corrected chi connectivity index (χ0v) is 5.77. The first kappa shape index (κ1) is 6.27. The molecule has 0 radical (unpaired) electrons. The van der Waals surface area contributed by atoms with Crippen LogP contribution in [0.25, 0.3) is 0 Å². The summed E-state index contributed by atoms with van der Waals surface area (Å²) in [4.78, 5) is 15.1. The summed E-state index contributed by atoms with van der Waals surface area (Å²) in [5.74, 6) is -0.0770. The van der Waals surface area contributed by atoms with E-state index in [2.05, 4.69) is 15.5 Å². The molecule has 11 heavy (non-hydrogen) atoms. The molecule has 2 aliphatic rings. The van der Waals surface area contributed by atoms with Gasteiger partial charge in [-0.2, -0.15) is 5.10 Å². The minimum absolute atomic E-state index is 0.0498. The van der Waals surface area contributed by atoms with E-state index < -0.39 is 0 Å². The van der Waals surface area contributed by atoms with Crippen molar-refractivity contribution < 1.29 is 4.79 Å². The smallest absolute Gasteiger partial charge is 0.265 e. The van der Waals surface area contributed by atoms with Crippen LogP contribution < -0.4 is 5.43 Å². The number of nitrogens with one attached hydrogen (secondary N) is 1. The number of nitrogens with zero attached hydrogens (tertiary/aromatic N) is 2. The zero-order chi connectivity index (χ0) is 7.68. The molecule has 0 fully saturated rings. The van der Waals surface area contributed by atoms with Gasteiger partial charge in [0.1, 0.15) is 6.04 Å². The predicted octanol–water partition coefficient (Wildman–Crippen LogP) is -0.273. The van der Waals surface area contributed by atoms with Crippen molar-refractivity contribution in [1.82, 2.24) is 5.43 Å². The Bertz CT molecular complexity index is 267. The van der Waals surface area contributed by atoms with Crippen molar-refractivity contribution in [3.05, 3.63) is 12.2 Å². The Hall–Kier alpha value is -1.45. The molecule has 0 aromatic carbocycles. The maximum Gasteiger partial charge on any atom is 0.265 e. The van der Waals surface area contributed by atoms with Crippen LogP contribution in [0.2, 0.25) is 0 Å². The number of allylic oxidation sites excluding steroid dienone is 1. The Morgan fingerprint density at radius 1 is 1.55 bits per heavy atom. The molecule has 2 heterocycles. The molecule has 56 valence electrons. The molecule has 0 aliphatic carbocycles. The number of hydrogen-bond donors (Lipinski definition) is 1. The summed E-state index contributed by atoms with van der Waals surface area (Å²) in [5.41, 5.74) is 2.36. The largest absolute Gasteiger partial charge is 0.279 e. The number of carbonyl (C=O) groups excluding carboxylic acids is 1. The fourth-order valence-corrected chi connectivity index (χ4v) is 1.15. The highest BCUT2D eigenvalue weighted by Gasteiger charge is 2.28. The quantitative estimate of drug-likeness (QED) is 0.506. The highest BCUT2D eigenvalue weighted by atomic mass is 16.2. The van der Waals surface area contributed by atoms with Crippen LogP contribution in [0, 0.1) is 5.92 Å². The molecule has 1 N–H and O–H groups in total. The Morgan fingerprint density at radius 3 is 3.27 bits per heavy atom. The molecule has 1 amide bonds. The van der Waals surface area contributed by atoms with Gasteiger partial charge in [-0.05, 0) is 6.08 Å². The van der Waals surface area contributed by atoms with Gasteiger partial charge in [0, 0.05) is 18.3 Å². The summed E-state index contributed by atoms with van der Waals surface area (Å²) in [7, 11) is 0. The lowest BCUT2D eigenvalue weighted by Gasteiger charge is -2.21. The number of carbonyl (C=O) groups is 1. The van der Waals surface area contributed by atoms with Gasteiger partial charge in [-0.1, -0.05) is 6.08 Å². The molecule has 2 aliphatic heterocycles. The van der Waals surface area contributed by atoms with Crippen LogP contribution in [0.15, 0.2) is 22.2 Å². The molecular weight excluding hydrogens is 142 g/mol. The molecule has 2 unspecified atom stereocenters. The molecule has 4 nitrogen and oxygen atoms in total. The van der Waals surface area contributed by atoms with Crippen LogP contribution in [0.4, 0.5) is 0 Å². The summed E-state index contributed by atoms with van der Waals surface area (Å²) in [6.07, 6.45) is 7.07. The second-order valence-electron chi connectivity index (χ2n) is 2.46. The lowest BCUT2D eigenvalue weighted by atomic mass is 9.98. The van der Waals surface area contributed by atoms with Gasteiger partial charge in [-0.25, -0.2) is 5.43 Å². The van der Waals surface area contributed by atoms with Crippen LogP contribution in [-0.2, 0) is 4.79 Å². The number of rotatable bonds is 0. The van der Waals surface area contributed by atoms with Gasteiger partial charge in [0.25, 0.3) is 5.91 Å². The SMILES string of the molecule is O=C1NN=CC2C=CC=NC12. The first-order chi connectivity index (χ1) is 5.38. The number of amides is 1. The lowest BCUT2D eigenvalue weighted by Crippen LogP contribution is -2.41. The third kappa shape index (κ3) is 0.960. The highest BCUT2D eigenvalue weighted by Crippen LogP contribution is 2.13. The topological polar surface area (TPSA) is 53.8 Å². The Labute approximate surface area is 63.7 Å². The van der Waals surface area contributed by atoms with Crippen LogP contribution in [0.3, 0.4) is 0 Å². The monoisotopic (exact) mass is 149 g/mol. The third-order valence-corrected chi connectivity index (χ3v) is 1.72. The molecular formula is C7H7N3O. The van der Waals surface area contributed by atoms with Gasteiger partial charge in [0.05, 0.1) is 0 Å². The Kier molecular flexibility index (Phi) is 1.31. The fourth-order valence-electron chi connectivity index (χ4n) is 1.15. The molecule has 2 atom stereocenters. The van der Waals surface area contributed by atoms with E-state index in [1.54, 1.807) is 12.4 Å². The molecule has 4 heteroatoms. The second kappa shape index (κ2) is 2.30. The van der Waals surface area contributed by atoms with E-state index in [-0.39, 0.29) is 17.9 Å². The zero-order valence-electron chi connectivity index (χ0n) is 5.77. The number of dihydropyridines is 1. The summed E-state index contributed by atoms with van der Waals surface area (Å²) in [6, 6.07) is -0.294. The van der Waals surface area contributed by atoms with Gasteiger partial charge in [-0.15, -0.1) is 0 Å². The minimum atomic E-state index is -0.294. The van der Waals surface area contributed by atoms with Gasteiger partial charge in [-0.3, -0.25) is 9.79 Å². The molecule has 0 aromatic rings. The number of aliphatic imine (C=N–C) groups is 1. The molecule has 2 rings (SSSR count). The number of hydrogen-bond acceptors (Lipinski definition) is 3. The molecule has 0 aromatic heterocycles. The van der Waals surface area contributed by atoms with E-state index in [4.69, 9.17) is 0 Å². The van der Waals surface area contributed by atoms with Crippen LogP contribution in [0.1, 0.15) is 0 Å². The van der Waals surface area contributed by atoms with E-state index in [9.17, 15) is 4.79 Å². The summed E-state index contributed by atoms with van der Waals surface area (Å²) in [5, 5.41) is 3.69. The number of hydrazone groups is 1. The first-order valence-electron chi connectivity index (χ1n) is 3.41. The third-order valence-electron chi connectivity index (χ3n) is 1.72. The van der Waals surface area contributed by atoms with Crippen molar-refractivity contribution in [3.63, 3.8) is 0 Å². The standard InChI is InChI=1S/C7H7N3O/c11-7-6-5(4-9-10-7)2-1-3-8-6/h1-6H,(H,10,11). The fraction of sp³-hybridized carbons (Fsp3) is 0.286. The van der Waals surface area contributed by atoms with Crippen molar-refractivity contribution >= 4 is 18.3 Å². The van der Waals surface area contributed by atoms with Gasteiger partial charge in [0.2, 0.25) is 0 Å². The van der Waals surface area contributed by atoms with E-state index in [0.717, 1.165) is 0 Å². The Morgan fingerprint density at radius 2 is 2.45 bits per heavy atom. The van der Waals surface area contributed by atoms with E-state index in [1.807, 2.05) is 12.2 Å². The number of fused-ring (bicyclic) bond motifs is 1. The normalized spacial score (nSPS) is 33.3. The van der Waals surface area contributed by atoms with Gasteiger partial charge < -0.3 is 0 Å². The Balaban J connectivity index is 2.31. The first-order valence-corrected chi connectivity index (χ1v) is 3.41. The van der Waals surface area contributed by atoms with Crippen LogP contribution in [-0.4, -0.2) is 24.4 Å². The van der Waals surface area contributed by atoms with E-state index in [1.165, 1.54) is 0 Å². The van der Waals surface area contributed by atoms with Crippen molar-refractivity contribution in [1.29, 1.82) is 0 Å². The maximum absolute atomic E-state index is 11.1. The van der Waals surface area contributed by atoms with Crippen LogP contribution in [0.5, 0.6) is 0 Å². The highest BCUT2D eigenvalue weighted by molar-refractivity contribution is 5.93. The van der Waals surface area contributed by atoms with Crippen molar-refractivity contribution in [2.75, 3.05) is 0 Å². The van der Waals surface area contributed by atoms with Crippen molar-refractivity contribution in [2.45, 2.75) is 6.04 Å². The molecule has 0 saturated carbocycles. The summed E-state index contributed by atoms with van der Waals surface area (Å²) in [6.45, 7) is 0. The van der Waals surface area contributed by atoms with Crippen LogP contribution >= 0.6 is 0 Å². The van der Waals surface area contributed by atoms with Gasteiger partial charge in [0.15, 0.2) is 0 Å². The molecule has 0 spiro atoms.